The minimum atomic E-state index is -0.262. The number of rotatable bonds is 4. The highest BCUT2D eigenvalue weighted by Crippen LogP contribution is 2.20. The van der Waals surface area contributed by atoms with Crippen molar-refractivity contribution in [1.82, 2.24) is 9.88 Å². The molecule has 0 aliphatic carbocycles. The molecule has 1 amide bonds. The Labute approximate surface area is 139 Å². The van der Waals surface area contributed by atoms with Crippen LogP contribution in [0, 0.1) is 6.92 Å². The summed E-state index contributed by atoms with van der Waals surface area (Å²) in [5.41, 5.74) is 1.78. The lowest BCUT2D eigenvalue weighted by molar-refractivity contribution is -0.0707. The summed E-state index contributed by atoms with van der Waals surface area (Å²) in [4.78, 5) is 18.9. The van der Waals surface area contributed by atoms with Gasteiger partial charge in [0.15, 0.2) is 10.9 Å². The number of carbonyl (C=O) groups is 1. The fraction of sp³-hybridized carbons (Fsp3) is 0.500. The molecular formula is C16H21N3O3S. The van der Waals surface area contributed by atoms with E-state index in [0.717, 1.165) is 30.9 Å². The summed E-state index contributed by atoms with van der Waals surface area (Å²) in [7, 11) is 0. The Morgan fingerprint density at radius 1 is 1.43 bits per heavy atom. The lowest BCUT2D eigenvalue weighted by Crippen LogP contribution is -2.44. The summed E-state index contributed by atoms with van der Waals surface area (Å²) >= 11 is 1.43. The van der Waals surface area contributed by atoms with Crippen LogP contribution in [0.15, 0.2) is 22.1 Å². The highest BCUT2D eigenvalue weighted by atomic mass is 32.1. The second-order valence-corrected chi connectivity index (χ2v) is 6.84. The molecule has 3 rings (SSSR count). The monoisotopic (exact) mass is 335 g/mol. The molecule has 2 aromatic rings. The van der Waals surface area contributed by atoms with Crippen LogP contribution >= 0.6 is 11.3 Å². The fourth-order valence-corrected chi connectivity index (χ4v) is 3.54. The van der Waals surface area contributed by atoms with Gasteiger partial charge in [-0.3, -0.25) is 15.0 Å². The number of thiazole rings is 1. The smallest absolute Gasteiger partial charge is 0.293 e. The molecule has 6 nitrogen and oxygen atoms in total. The van der Waals surface area contributed by atoms with Gasteiger partial charge in [-0.1, -0.05) is 0 Å². The maximum atomic E-state index is 12.1. The van der Waals surface area contributed by atoms with Crippen molar-refractivity contribution in [3.05, 3.63) is 34.7 Å². The van der Waals surface area contributed by atoms with E-state index in [1.165, 1.54) is 17.6 Å². The van der Waals surface area contributed by atoms with Crippen LogP contribution in [0.1, 0.15) is 35.7 Å². The number of carbonyl (C=O) groups excluding carboxylic acids is 1. The third kappa shape index (κ3) is 3.99. The molecule has 1 N–H and O–H groups in total. The zero-order valence-corrected chi connectivity index (χ0v) is 14.4. The van der Waals surface area contributed by atoms with E-state index in [-0.39, 0.29) is 18.1 Å². The van der Waals surface area contributed by atoms with E-state index in [2.05, 4.69) is 29.0 Å². The average Bonchev–Trinajstić information content (AvgIpc) is 3.07. The van der Waals surface area contributed by atoms with E-state index in [4.69, 9.17) is 9.15 Å². The van der Waals surface area contributed by atoms with E-state index >= 15 is 0 Å². The van der Waals surface area contributed by atoms with Crippen molar-refractivity contribution in [2.45, 2.75) is 39.5 Å². The Morgan fingerprint density at radius 2 is 2.17 bits per heavy atom. The molecule has 3 heterocycles. The topological polar surface area (TPSA) is 67.6 Å². The Balaban J connectivity index is 1.60. The lowest BCUT2D eigenvalue weighted by atomic mass is 10.2. The van der Waals surface area contributed by atoms with Gasteiger partial charge in [-0.2, -0.15) is 0 Å². The van der Waals surface area contributed by atoms with Crippen LogP contribution in [0.3, 0.4) is 0 Å². The van der Waals surface area contributed by atoms with E-state index in [1.54, 1.807) is 6.07 Å². The number of aromatic nitrogens is 1. The standard InChI is InChI=1S/C16H21N3O3S/c1-10-4-5-21-14(10)15(20)18-16-17-13(9-23-16)8-19-6-11(2)22-12(3)7-19/h4-5,9,11-12H,6-8H2,1-3H3,(H,17,18,20). The Morgan fingerprint density at radius 3 is 2.83 bits per heavy atom. The first-order valence-corrected chi connectivity index (χ1v) is 8.57. The molecule has 2 aromatic heterocycles. The van der Waals surface area contributed by atoms with Crippen molar-refractivity contribution in [1.29, 1.82) is 0 Å². The Hall–Kier alpha value is -1.70. The molecule has 0 spiro atoms. The van der Waals surface area contributed by atoms with Gasteiger partial charge in [-0.25, -0.2) is 4.98 Å². The average molecular weight is 335 g/mol. The number of morpholine rings is 1. The highest BCUT2D eigenvalue weighted by molar-refractivity contribution is 7.13. The van der Waals surface area contributed by atoms with Gasteiger partial charge in [0.2, 0.25) is 0 Å². The molecule has 0 aromatic carbocycles. The molecule has 124 valence electrons. The zero-order chi connectivity index (χ0) is 16.4. The van der Waals surface area contributed by atoms with Crippen LogP contribution in [-0.2, 0) is 11.3 Å². The van der Waals surface area contributed by atoms with Gasteiger partial charge in [0, 0.05) is 30.6 Å². The van der Waals surface area contributed by atoms with Crippen molar-refractivity contribution in [2.75, 3.05) is 18.4 Å². The van der Waals surface area contributed by atoms with Gasteiger partial charge in [0.25, 0.3) is 5.91 Å². The molecule has 7 heteroatoms. The van der Waals surface area contributed by atoms with Crippen LogP contribution in [-0.4, -0.2) is 41.1 Å². The fourth-order valence-electron chi connectivity index (χ4n) is 2.84. The van der Waals surface area contributed by atoms with E-state index < -0.39 is 0 Å². The van der Waals surface area contributed by atoms with Crippen molar-refractivity contribution in [3.63, 3.8) is 0 Å². The number of hydrogen-bond donors (Lipinski definition) is 1. The summed E-state index contributed by atoms with van der Waals surface area (Å²) in [5, 5.41) is 5.37. The highest BCUT2D eigenvalue weighted by Gasteiger charge is 2.23. The van der Waals surface area contributed by atoms with Crippen LogP contribution in [0.2, 0.25) is 0 Å². The van der Waals surface area contributed by atoms with Crippen LogP contribution in [0.5, 0.6) is 0 Å². The molecule has 1 aliphatic rings. The number of nitrogens with zero attached hydrogens (tertiary/aromatic N) is 2. The second-order valence-electron chi connectivity index (χ2n) is 5.98. The Bertz CT molecular complexity index is 672. The van der Waals surface area contributed by atoms with Crippen molar-refractivity contribution in [2.24, 2.45) is 0 Å². The number of furan rings is 1. The van der Waals surface area contributed by atoms with E-state index in [9.17, 15) is 4.79 Å². The first kappa shape index (κ1) is 16.2. The maximum Gasteiger partial charge on any atom is 0.293 e. The van der Waals surface area contributed by atoms with Crippen molar-refractivity contribution in [3.8, 4) is 0 Å². The summed E-state index contributed by atoms with van der Waals surface area (Å²) < 4.78 is 10.9. The number of amides is 1. The van der Waals surface area contributed by atoms with Crippen molar-refractivity contribution >= 4 is 22.4 Å². The summed E-state index contributed by atoms with van der Waals surface area (Å²) in [6, 6.07) is 1.77. The van der Waals surface area contributed by atoms with Gasteiger partial charge >= 0.3 is 0 Å². The normalized spacial score (nSPS) is 22.2. The van der Waals surface area contributed by atoms with Gasteiger partial charge in [-0.05, 0) is 26.8 Å². The molecule has 1 fully saturated rings. The van der Waals surface area contributed by atoms with Crippen molar-refractivity contribution < 1.29 is 13.9 Å². The number of hydrogen-bond acceptors (Lipinski definition) is 6. The van der Waals surface area contributed by atoms with Gasteiger partial charge in [0.1, 0.15) is 0 Å². The maximum absolute atomic E-state index is 12.1. The summed E-state index contributed by atoms with van der Waals surface area (Å²) in [6.07, 6.45) is 1.98. The third-order valence-corrected chi connectivity index (χ3v) is 4.53. The predicted octanol–water partition coefficient (Wildman–Crippen LogP) is 2.91. The molecule has 0 bridgehead atoms. The summed E-state index contributed by atoms with van der Waals surface area (Å²) in [5.74, 6) is 0.0691. The minimum absolute atomic E-state index is 0.235. The van der Waals surface area contributed by atoms with Gasteiger partial charge < -0.3 is 9.15 Å². The SMILES string of the molecule is Cc1ccoc1C(=O)Nc1nc(CN2CC(C)OC(C)C2)cs1. The van der Waals surface area contributed by atoms with E-state index in [1.807, 2.05) is 12.3 Å². The van der Waals surface area contributed by atoms with Crippen LogP contribution < -0.4 is 5.32 Å². The molecule has 23 heavy (non-hydrogen) atoms. The summed E-state index contributed by atoms with van der Waals surface area (Å²) in [6.45, 7) is 8.57. The lowest BCUT2D eigenvalue weighted by Gasteiger charge is -2.34. The molecule has 0 radical (unpaired) electrons. The molecule has 1 saturated heterocycles. The molecule has 2 unspecified atom stereocenters. The molecule has 0 saturated carbocycles. The first-order valence-electron chi connectivity index (χ1n) is 7.69. The zero-order valence-electron chi connectivity index (χ0n) is 13.5. The van der Waals surface area contributed by atoms with Gasteiger partial charge in [0.05, 0.1) is 24.2 Å². The third-order valence-electron chi connectivity index (χ3n) is 3.72. The predicted molar refractivity (Wildman–Crippen MR) is 88.8 cm³/mol. The second kappa shape index (κ2) is 6.82. The number of anilines is 1. The molecule has 1 aliphatic heterocycles. The number of nitrogens with one attached hydrogen (secondary N) is 1. The molecule has 2 atom stereocenters. The number of ether oxygens (including phenoxy) is 1. The van der Waals surface area contributed by atoms with Gasteiger partial charge in [-0.15, -0.1) is 11.3 Å². The first-order chi connectivity index (χ1) is 11.0. The molecular weight excluding hydrogens is 314 g/mol. The minimum Gasteiger partial charge on any atom is -0.459 e. The van der Waals surface area contributed by atoms with Crippen LogP contribution in [0.25, 0.3) is 0 Å². The largest absolute Gasteiger partial charge is 0.459 e. The van der Waals surface area contributed by atoms with Crippen LogP contribution in [0.4, 0.5) is 5.13 Å². The Kier molecular flexibility index (Phi) is 4.79. The number of aryl methyl sites for hydroxylation is 1. The quantitative estimate of drug-likeness (QED) is 0.930. The van der Waals surface area contributed by atoms with E-state index in [0.29, 0.717) is 10.9 Å².